The van der Waals surface area contributed by atoms with Crippen LogP contribution in [0.2, 0.25) is 0 Å². The topological polar surface area (TPSA) is 88.1 Å². The fourth-order valence-corrected chi connectivity index (χ4v) is 4.38. The molecule has 36 heavy (non-hydrogen) atoms. The molecule has 4 rings (SSSR count). The molecule has 0 heterocycles. The predicted molar refractivity (Wildman–Crippen MR) is 143 cm³/mol. The minimum absolute atomic E-state index is 0.00111. The number of hydrogen-bond acceptors (Lipinski definition) is 5. The van der Waals surface area contributed by atoms with Crippen molar-refractivity contribution in [1.29, 1.82) is 0 Å². The Kier molecular flexibility index (Phi) is 6.71. The zero-order valence-corrected chi connectivity index (χ0v) is 20.8. The van der Waals surface area contributed by atoms with Crippen molar-refractivity contribution in [2.75, 3.05) is 0 Å². The average molecular weight is 480 g/mol. The minimum Gasteiger partial charge on any atom is -0.505 e. The number of aromatic hydroxyl groups is 1. The van der Waals surface area contributed by atoms with E-state index in [1.54, 1.807) is 12.1 Å². The molecule has 0 bridgehead atoms. The lowest BCUT2D eigenvalue weighted by atomic mass is 9.72. The van der Waals surface area contributed by atoms with E-state index >= 15 is 0 Å². The number of benzene rings is 4. The molecule has 0 saturated carbocycles. The van der Waals surface area contributed by atoms with E-state index in [0.717, 1.165) is 16.7 Å². The number of nitro benzene ring substituents is 1. The summed E-state index contributed by atoms with van der Waals surface area (Å²) in [7, 11) is 0. The summed E-state index contributed by atoms with van der Waals surface area (Å²) in [5, 5.41) is 31.4. The second-order valence-electron chi connectivity index (χ2n) is 9.82. The summed E-state index contributed by atoms with van der Waals surface area (Å²) in [5.74, 6) is -0.00111. The molecule has 0 saturated heterocycles. The third kappa shape index (κ3) is 4.75. The van der Waals surface area contributed by atoms with Gasteiger partial charge in [-0.05, 0) is 28.8 Å². The molecule has 0 atom stereocenters. The Labute approximate surface area is 211 Å². The Morgan fingerprint density at radius 2 is 1.17 bits per heavy atom. The van der Waals surface area contributed by atoms with E-state index in [1.165, 1.54) is 12.1 Å². The highest BCUT2D eigenvalue weighted by Gasteiger charge is 2.32. The van der Waals surface area contributed by atoms with Crippen molar-refractivity contribution in [3.05, 3.63) is 129 Å². The maximum atomic E-state index is 11.4. The van der Waals surface area contributed by atoms with Gasteiger partial charge in [0, 0.05) is 22.5 Å². The molecule has 6 nitrogen and oxygen atoms in total. The Hall–Kier alpha value is -4.32. The molecule has 0 aliphatic rings. The molecule has 6 heteroatoms. The molecule has 0 aromatic heterocycles. The van der Waals surface area contributed by atoms with Gasteiger partial charge < -0.3 is 5.11 Å². The Balaban J connectivity index is 1.92. The monoisotopic (exact) mass is 479 g/mol. The van der Waals surface area contributed by atoms with E-state index in [0.29, 0.717) is 5.56 Å². The first-order valence-corrected chi connectivity index (χ1v) is 11.8. The first-order valence-electron chi connectivity index (χ1n) is 11.8. The van der Waals surface area contributed by atoms with Gasteiger partial charge in [-0.3, -0.25) is 10.1 Å². The van der Waals surface area contributed by atoms with E-state index in [2.05, 4.69) is 50.1 Å². The summed E-state index contributed by atoms with van der Waals surface area (Å²) in [6, 6.07) is 30.1. The lowest BCUT2D eigenvalue weighted by molar-refractivity contribution is -0.384. The van der Waals surface area contributed by atoms with Gasteiger partial charge in [-0.15, -0.1) is 10.2 Å². The van der Waals surface area contributed by atoms with Gasteiger partial charge in [0.25, 0.3) is 5.69 Å². The molecule has 1 N–H and O–H groups in total. The van der Waals surface area contributed by atoms with Crippen LogP contribution in [0, 0.1) is 10.1 Å². The smallest absolute Gasteiger partial charge is 0.296 e. The van der Waals surface area contributed by atoms with Gasteiger partial charge in [0.15, 0.2) is 5.69 Å². The standard InChI is InChI=1S/C30H29N3O3/c1-29(2,21-13-7-5-8-14-21)23-19-24(30(3,4)22-15-9-6-10-16-22)28(34)26(20-23)32-31-25-17-11-12-18-27(25)33(35)36/h5-20,34H,1-4H3/b32-31+. The highest BCUT2D eigenvalue weighted by molar-refractivity contribution is 5.64. The Bertz CT molecular complexity index is 1410. The number of hydrogen-bond donors (Lipinski definition) is 1. The van der Waals surface area contributed by atoms with Crippen molar-refractivity contribution < 1.29 is 10.0 Å². The van der Waals surface area contributed by atoms with Crippen LogP contribution in [0.3, 0.4) is 0 Å². The summed E-state index contributed by atoms with van der Waals surface area (Å²) in [6.45, 7) is 8.35. The number of para-hydroxylation sites is 1. The molecule has 4 aromatic carbocycles. The van der Waals surface area contributed by atoms with Crippen LogP contribution in [-0.4, -0.2) is 10.0 Å². The van der Waals surface area contributed by atoms with E-state index in [4.69, 9.17) is 0 Å². The molecule has 0 unspecified atom stereocenters. The summed E-state index contributed by atoms with van der Waals surface area (Å²) >= 11 is 0. The van der Waals surface area contributed by atoms with Crippen LogP contribution in [0.4, 0.5) is 17.1 Å². The van der Waals surface area contributed by atoms with Gasteiger partial charge >= 0.3 is 0 Å². The third-order valence-electron chi connectivity index (χ3n) is 6.82. The molecular formula is C30H29N3O3. The van der Waals surface area contributed by atoms with Crippen LogP contribution < -0.4 is 0 Å². The molecule has 0 radical (unpaired) electrons. The van der Waals surface area contributed by atoms with Crippen LogP contribution in [0.5, 0.6) is 5.75 Å². The highest BCUT2D eigenvalue weighted by atomic mass is 16.6. The highest BCUT2D eigenvalue weighted by Crippen LogP contribution is 2.46. The zero-order valence-electron chi connectivity index (χ0n) is 20.8. The van der Waals surface area contributed by atoms with E-state index < -0.39 is 15.8 Å². The minimum atomic E-state index is -0.545. The number of nitrogens with zero attached hydrogens (tertiary/aromatic N) is 3. The van der Waals surface area contributed by atoms with Gasteiger partial charge in [0.05, 0.1) is 4.92 Å². The predicted octanol–water partition coefficient (Wildman–Crippen LogP) is 8.37. The fourth-order valence-electron chi connectivity index (χ4n) is 4.38. The fraction of sp³-hybridized carbons (Fsp3) is 0.200. The molecule has 182 valence electrons. The van der Waals surface area contributed by atoms with Gasteiger partial charge in [-0.2, -0.15) is 0 Å². The van der Waals surface area contributed by atoms with Crippen molar-refractivity contribution >= 4 is 17.1 Å². The molecule has 0 amide bonds. The number of nitro groups is 1. The summed E-state index contributed by atoms with van der Waals surface area (Å²) < 4.78 is 0. The maximum Gasteiger partial charge on any atom is 0.296 e. The molecule has 0 fully saturated rings. The molecule has 4 aromatic rings. The summed E-state index contributed by atoms with van der Waals surface area (Å²) in [4.78, 5) is 10.9. The summed E-state index contributed by atoms with van der Waals surface area (Å²) in [5.41, 5.74) is 3.08. The SMILES string of the molecule is CC(C)(c1ccccc1)c1cc(/N=N/c2ccccc2[N+](=O)[O-])c(O)c(C(C)(C)c2ccccc2)c1. The average Bonchev–Trinajstić information content (AvgIpc) is 2.89. The number of phenolic OH excluding ortho intramolecular Hbond substituents is 1. The number of rotatable bonds is 7. The van der Waals surface area contributed by atoms with E-state index in [1.807, 2.05) is 60.7 Å². The quantitative estimate of drug-likeness (QED) is 0.164. The van der Waals surface area contributed by atoms with Crippen LogP contribution in [-0.2, 0) is 10.8 Å². The number of phenols is 1. The largest absolute Gasteiger partial charge is 0.505 e. The zero-order chi connectivity index (χ0) is 25.9. The Morgan fingerprint density at radius 1 is 0.667 bits per heavy atom. The van der Waals surface area contributed by atoms with Crippen molar-refractivity contribution in [2.45, 2.75) is 38.5 Å². The number of azo groups is 1. The van der Waals surface area contributed by atoms with Crippen LogP contribution in [0.1, 0.15) is 49.9 Å². The summed E-state index contributed by atoms with van der Waals surface area (Å²) in [6.07, 6.45) is 0. The second-order valence-corrected chi connectivity index (χ2v) is 9.82. The van der Waals surface area contributed by atoms with Crippen LogP contribution >= 0.6 is 0 Å². The van der Waals surface area contributed by atoms with Crippen molar-refractivity contribution in [3.8, 4) is 5.75 Å². The lowest BCUT2D eigenvalue weighted by Crippen LogP contribution is -2.23. The van der Waals surface area contributed by atoms with Crippen LogP contribution in [0.15, 0.2) is 107 Å². The first kappa shape index (κ1) is 24.8. The normalized spacial score (nSPS) is 12.1. The van der Waals surface area contributed by atoms with Crippen molar-refractivity contribution in [3.63, 3.8) is 0 Å². The van der Waals surface area contributed by atoms with Gasteiger partial charge in [0.2, 0.25) is 0 Å². The van der Waals surface area contributed by atoms with Gasteiger partial charge in [-0.25, -0.2) is 0 Å². The molecule has 0 spiro atoms. The van der Waals surface area contributed by atoms with Gasteiger partial charge in [0.1, 0.15) is 11.4 Å². The van der Waals surface area contributed by atoms with Crippen molar-refractivity contribution in [2.24, 2.45) is 10.2 Å². The maximum absolute atomic E-state index is 11.4. The Morgan fingerprint density at radius 3 is 1.75 bits per heavy atom. The van der Waals surface area contributed by atoms with E-state index in [-0.39, 0.29) is 22.8 Å². The first-order chi connectivity index (χ1) is 17.1. The third-order valence-corrected chi connectivity index (χ3v) is 6.82. The van der Waals surface area contributed by atoms with Gasteiger partial charge in [-0.1, -0.05) is 107 Å². The van der Waals surface area contributed by atoms with Crippen LogP contribution in [0.25, 0.3) is 0 Å². The van der Waals surface area contributed by atoms with E-state index in [9.17, 15) is 15.2 Å². The molecular weight excluding hydrogens is 450 g/mol. The second kappa shape index (κ2) is 9.74. The molecule has 0 aliphatic heterocycles. The van der Waals surface area contributed by atoms with Crippen molar-refractivity contribution in [1.82, 2.24) is 0 Å². The lowest BCUT2D eigenvalue weighted by Gasteiger charge is -2.32. The molecule has 0 aliphatic carbocycles.